The van der Waals surface area contributed by atoms with Crippen molar-refractivity contribution in [3.05, 3.63) is 0 Å². The van der Waals surface area contributed by atoms with Crippen LogP contribution in [-0.2, 0) is 0 Å². The van der Waals surface area contributed by atoms with Crippen LogP contribution in [0.1, 0.15) is 26.7 Å². The SMILES string of the molecule is CN(CC1CCCNC1)C(C)(C)CO. The van der Waals surface area contributed by atoms with Gasteiger partial charge < -0.3 is 10.4 Å². The number of nitrogens with zero attached hydrogens (tertiary/aromatic N) is 1. The van der Waals surface area contributed by atoms with Gasteiger partial charge in [-0.2, -0.15) is 0 Å². The van der Waals surface area contributed by atoms with E-state index >= 15 is 0 Å². The van der Waals surface area contributed by atoms with E-state index in [2.05, 4.69) is 31.1 Å². The number of aliphatic hydroxyl groups excluding tert-OH is 1. The van der Waals surface area contributed by atoms with Crippen LogP contribution < -0.4 is 5.32 Å². The first-order chi connectivity index (χ1) is 6.56. The summed E-state index contributed by atoms with van der Waals surface area (Å²) in [4.78, 5) is 2.27. The molecule has 0 aromatic heterocycles. The fourth-order valence-corrected chi connectivity index (χ4v) is 1.83. The van der Waals surface area contributed by atoms with Crippen molar-refractivity contribution in [3.63, 3.8) is 0 Å². The molecule has 0 aromatic carbocycles. The molecule has 84 valence electrons. The van der Waals surface area contributed by atoms with Crippen LogP contribution in [0.4, 0.5) is 0 Å². The van der Waals surface area contributed by atoms with Gasteiger partial charge in [0.25, 0.3) is 0 Å². The highest BCUT2D eigenvalue weighted by atomic mass is 16.3. The number of hydrogen-bond acceptors (Lipinski definition) is 3. The molecule has 1 aliphatic heterocycles. The third-order valence-corrected chi connectivity index (χ3v) is 3.35. The number of piperidine rings is 1. The lowest BCUT2D eigenvalue weighted by Crippen LogP contribution is -2.48. The van der Waals surface area contributed by atoms with Crippen LogP contribution in [0.25, 0.3) is 0 Å². The van der Waals surface area contributed by atoms with Gasteiger partial charge in [0.15, 0.2) is 0 Å². The number of nitrogens with one attached hydrogen (secondary N) is 1. The van der Waals surface area contributed by atoms with E-state index < -0.39 is 0 Å². The highest BCUT2D eigenvalue weighted by Crippen LogP contribution is 2.17. The van der Waals surface area contributed by atoms with E-state index in [4.69, 9.17) is 0 Å². The van der Waals surface area contributed by atoms with Crippen molar-refractivity contribution in [1.29, 1.82) is 0 Å². The molecule has 0 bridgehead atoms. The maximum atomic E-state index is 9.24. The molecule has 1 fully saturated rings. The zero-order chi connectivity index (χ0) is 10.6. The van der Waals surface area contributed by atoms with Crippen molar-refractivity contribution in [1.82, 2.24) is 10.2 Å². The minimum absolute atomic E-state index is 0.0859. The predicted octanol–water partition coefficient (Wildman–Crippen LogP) is 0.689. The Morgan fingerprint density at radius 2 is 2.21 bits per heavy atom. The van der Waals surface area contributed by atoms with Crippen LogP contribution in [0.2, 0.25) is 0 Å². The van der Waals surface area contributed by atoms with Gasteiger partial charge in [-0.1, -0.05) is 0 Å². The maximum Gasteiger partial charge on any atom is 0.0609 e. The minimum Gasteiger partial charge on any atom is -0.394 e. The Hall–Kier alpha value is -0.120. The summed E-state index contributed by atoms with van der Waals surface area (Å²) < 4.78 is 0. The number of aliphatic hydroxyl groups is 1. The first-order valence-electron chi connectivity index (χ1n) is 5.59. The van der Waals surface area contributed by atoms with Gasteiger partial charge in [0, 0.05) is 12.1 Å². The van der Waals surface area contributed by atoms with Crippen molar-refractivity contribution in [2.24, 2.45) is 5.92 Å². The average Bonchev–Trinajstić information content (AvgIpc) is 2.19. The molecule has 3 heteroatoms. The van der Waals surface area contributed by atoms with E-state index in [0.717, 1.165) is 19.0 Å². The molecule has 3 nitrogen and oxygen atoms in total. The molecule has 1 atom stereocenters. The zero-order valence-corrected chi connectivity index (χ0v) is 9.71. The molecule has 1 unspecified atom stereocenters. The molecule has 14 heavy (non-hydrogen) atoms. The fourth-order valence-electron chi connectivity index (χ4n) is 1.83. The summed E-state index contributed by atoms with van der Waals surface area (Å²) in [6, 6.07) is 0. The van der Waals surface area contributed by atoms with Crippen molar-refractivity contribution in [2.45, 2.75) is 32.2 Å². The van der Waals surface area contributed by atoms with Gasteiger partial charge in [0.05, 0.1) is 6.61 Å². The summed E-state index contributed by atoms with van der Waals surface area (Å²) in [5.41, 5.74) is -0.0859. The Balaban J connectivity index is 2.34. The molecule has 0 amide bonds. The van der Waals surface area contributed by atoms with E-state index in [1.54, 1.807) is 0 Å². The molecule has 1 rings (SSSR count). The first kappa shape index (κ1) is 12.0. The van der Waals surface area contributed by atoms with Gasteiger partial charge in [-0.3, -0.25) is 4.90 Å². The normalized spacial score (nSPS) is 24.2. The molecule has 0 saturated carbocycles. The van der Waals surface area contributed by atoms with Crippen molar-refractivity contribution < 1.29 is 5.11 Å². The Morgan fingerprint density at radius 3 is 2.71 bits per heavy atom. The molecule has 0 spiro atoms. The molecule has 1 saturated heterocycles. The third-order valence-electron chi connectivity index (χ3n) is 3.35. The summed E-state index contributed by atoms with van der Waals surface area (Å²) in [6.07, 6.45) is 2.61. The first-order valence-corrected chi connectivity index (χ1v) is 5.59. The zero-order valence-electron chi connectivity index (χ0n) is 9.71. The van der Waals surface area contributed by atoms with E-state index in [0.29, 0.717) is 0 Å². The van der Waals surface area contributed by atoms with Crippen molar-refractivity contribution >= 4 is 0 Å². The lowest BCUT2D eigenvalue weighted by molar-refractivity contribution is 0.0628. The second-order valence-corrected chi connectivity index (χ2v) is 5.06. The highest BCUT2D eigenvalue weighted by Gasteiger charge is 2.25. The van der Waals surface area contributed by atoms with Crippen LogP contribution in [0.3, 0.4) is 0 Å². The van der Waals surface area contributed by atoms with E-state index in [1.165, 1.54) is 19.4 Å². The largest absolute Gasteiger partial charge is 0.394 e. The third kappa shape index (κ3) is 3.23. The maximum absolute atomic E-state index is 9.24. The van der Waals surface area contributed by atoms with Crippen molar-refractivity contribution in [2.75, 3.05) is 33.3 Å². The van der Waals surface area contributed by atoms with Gasteiger partial charge in [-0.05, 0) is 52.7 Å². The van der Waals surface area contributed by atoms with Crippen LogP contribution in [0, 0.1) is 5.92 Å². The lowest BCUT2D eigenvalue weighted by atomic mass is 9.96. The van der Waals surface area contributed by atoms with Gasteiger partial charge in [0.1, 0.15) is 0 Å². The quantitative estimate of drug-likeness (QED) is 0.701. The molecule has 2 N–H and O–H groups in total. The van der Waals surface area contributed by atoms with Crippen LogP contribution in [-0.4, -0.2) is 48.8 Å². The van der Waals surface area contributed by atoms with E-state index in [-0.39, 0.29) is 12.1 Å². The van der Waals surface area contributed by atoms with E-state index in [1.807, 2.05) is 0 Å². The smallest absolute Gasteiger partial charge is 0.0609 e. The van der Waals surface area contributed by atoms with Gasteiger partial charge in [0.2, 0.25) is 0 Å². The Labute approximate surface area is 87.5 Å². The van der Waals surface area contributed by atoms with Gasteiger partial charge >= 0.3 is 0 Å². The molecule has 0 radical (unpaired) electrons. The molecule has 0 aliphatic carbocycles. The molecule has 1 heterocycles. The second-order valence-electron chi connectivity index (χ2n) is 5.06. The Bertz CT molecular complexity index is 165. The Morgan fingerprint density at radius 1 is 1.50 bits per heavy atom. The number of hydrogen-bond donors (Lipinski definition) is 2. The van der Waals surface area contributed by atoms with Gasteiger partial charge in [-0.25, -0.2) is 0 Å². The van der Waals surface area contributed by atoms with E-state index in [9.17, 15) is 5.11 Å². The monoisotopic (exact) mass is 200 g/mol. The molecule has 1 aliphatic rings. The molecule has 0 aromatic rings. The van der Waals surface area contributed by atoms with Gasteiger partial charge in [-0.15, -0.1) is 0 Å². The summed E-state index contributed by atoms with van der Waals surface area (Å²) >= 11 is 0. The lowest BCUT2D eigenvalue weighted by Gasteiger charge is -2.37. The minimum atomic E-state index is -0.0859. The topological polar surface area (TPSA) is 35.5 Å². The summed E-state index contributed by atoms with van der Waals surface area (Å²) in [5.74, 6) is 0.750. The number of rotatable bonds is 4. The summed E-state index contributed by atoms with van der Waals surface area (Å²) in [7, 11) is 2.10. The van der Waals surface area contributed by atoms with Crippen LogP contribution >= 0.6 is 0 Å². The Kier molecular flexibility index (Phi) is 4.35. The fraction of sp³-hybridized carbons (Fsp3) is 1.00. The summed E-state index contributed by atoms with van der Waals surface area (Å²) in [6.45, 7) is 7.78. The highest BCUT2D eigenvalue weighted by molar-refractivity contribution is 4.81. The molecular formula is C11H24N2O. The second kappa shape index (κ2) is 5.10. The van der Waals surface area contributed by atoms with Crippen LogP contribution in [0.5, 0.6) is 0 Å². The average molecular weight is 200 g/mol. The molecular weight excluding hydrogens is 176 g/mol. The standard InChI is InChI=1S/C11H24N2O/c1-11(2,9-14)13(3)8-10-5-4-6-12-7-10/h10,12,14H,4-9H2,1-3H3. The number of likely N-dealkylation sites (N-methyl/N-ethyl adjacent to an activating group) is 1. The summed E-state index contributed by atoms with van der Waals surface area (Å²) in [5, 5.41) is 12.7. The van der Waals surface area contributed by atoms with Crippen LogP contribution in [0.15, 0.2) is 0 Å². The predicted molar refractivity (Wildman–Crippen MR) is 59.4 cm³/mol. The van der Waals surface area contributed by atoms with Crippen molar-refractivity contribution in [3.8, 4) is 0 Å².